The minimum absolute atomic E-state index is 0.0981. The standard InChI is InChI=1S/C17H19BrN2O3/c1-22-14-6-7-16(23-2)15(11-14)20-17(21)8-9-19-13-5-3-4-12(18)10-13/h3-7,10-11,19H,8-9H2,1-2H3,(H,20,21). The highest BCUT2D eigenvalue weighted by Crippen LogP contribution is 2.28. The van der Waals surface area contributed by atoms with Gasteiger partial charge in [-0.3, -0.25) is 4.79 Å². The second kappa shape index (κ2) is 8.43. The quantitative estimate of drug-likeness (QED) is 0.766. The van der Waals surface area contributed by atoms with Crippen LogP contribution < -0.4 is 20.1 Å². The highest BCUT2D eigenvalue weighted by Gasteiger charge is 2.09. The van der Waals surface area contributed by atoms with E-state index in [1.165, 1.54) is 0 Å². The van der Waals surface area contributed by atoms with Crippen LogP contribution in [0.25, 0.3) is 0 Å². The molecule has 2 aromatic carbocycles. The van der Waals surface area contributed by atoms with E-state index in [0.29, 0.717) is 30.2 Å². The number of halogens is 1. The Morgan fingerprint density at radius 1 is 1.13 bits per heavy atom. The summed E-state index contributed by atoms with van der Waals surface area (Å²) in [7, 11) is 3.14. The third kappa shape index (κ3) is 5.17. The van der Waals surface area contributed by atoms with Crippen LogP contribution in [0.2, 0.25) is 0 Å². The predicted octanol–water partition coefficient (Wildman–Crippen LogP) is 3.91. The van der Waals surface area contributed by atoms with Gasteiger partial charge in [0.15, 0.2) is 0 Å². The molecule has 122 valence electrons. The monoisotopic (exact) mass is 378 g/mol. The number of ether oxygens (including phenoxy) is 2. The lowest BCUT2D eigenvalue weighted by Gasteiger charge is -2.12. The van der Waals surface area contributed by atoms with Gasteiger partial charge in [-0.25, -0.2) is 0 Å². The molecule has 0 aromatic heterocycles. The minimum atomic E-state index is -0.0981. The number of methoxy groups -OCH3 is 2. The van der Waals surface area contributed by atoms with E-state index in [4.69, 9.17) is 9.47 Å². The van der Waals surface area contributed by atoms with Gasteiger partial charge in [0.1, 0.15) is 11.5 Å². The molecule has 0 saturated heterocycles. The Morgan fingerprint density at radius 2 is 1.96 bits per heavy atom. The van der Waals surface area contributed by atoms with Crippen molar-refractivity contribution in [2.24, 2.45) is 0 Å². The lowest BCUT2D eigenvalue weighted by Crippen LogP contribution is -2.16. The lowest BCUT2D eigenvalue weighted by molar-refractivity contribution is -0.115. The summed E-state index contributed by atoms with van der Waals surface area (Å²) < 4.78 is 11.4. The number of carbonyl (C=O) groups excluding carboxylic acids is 1. The lowest BCUT2D eigenvalue weighted by atomic mass is 10.2. The molecule has 2 rings (SSSR count). The van der Waals surface area contributed by atoms with Crippen LogP contribution in [0.3, 0.4) is 0 Å². The molecule has 6 heteroatoms. The van der Waals surface area contributed by atoms with Crippen LogP contribution in [0.4, 0.5) is 11.4 Å². The Bertz CT molecular complexity index is 677. The molecule has 1 amide bonds. The second-order valence-corrected chi connectivity index (χ2v) is 5.72. The molecule has 2 aromatic rings. The largest absolute Gasteiger partial charge is 0.497 e. The van der Waals surface area contributed by atoms with Crippen LogP contribution in [-0.4, -0.2) is 26.7 Å². The summed E-state index contributed by atoms with van der Waals surface area (Å²) >= 11 is 3.41. The summed E-state index contributed by atoms with van der Waals surface area (Å²) in [6.07, 6.45) is 0.340. The van der Waals surface area contributed by atoms with Crippen molar-refractivity contribution in [1.82, 2.24) is 0 Å². The van der Waals surface area contributed by atoms with E-state index in [1.54, 1.807) is 32.4 Å². The Kier molecular flexibility index (Phi) is 6.29. The van der Waals surface area contributed by atoms with Gasteiger partial charge < -0.3 is 20.1 Å². The van der Waals surface area contributed by atoms with Gasteiger partial charge in [-0.15, -0.1) is 0 Å². The molecule has 0 atom stereocenters. The Labute approximate surface area is 144 Å². The molecule has 0 unspecified atom stereocenters. The first-order chi connectivity index (χ1) is 11.1. The van der Waals surface area contributed by atoms with Gasteiger partial charge in [-0.05, 0) is 30.3 Å². The van der Waals surface area contributed by atoms with E-state index in [-0.39, 0.29) is 5.91 Å². The van der Waals surface area contributed by atoms with E-state index in [2.05, 4.69) is 26.6 Å². The first kappa shape index (κ1) is 17.1. The van der Waals surface area contributed by atoms with E-state index in [0.717, 1.165) is 10.2 Å². The number of carbonyl (C=O) groups is 1. The first-order valence-corrected chi connectivity index (χ1v) is 7.93. The SMILES string of the molecule is COc1ccc(OC)c(NC(=O)CCNc2cccc(Br)c2)c1. The van der Waals surface area contributed by atoms with Gasteiger partial charge in [0, 0.05) is 29.2 Å². The predicted molar refractivity (Wildman–Crippen MR) is 95.4 cm³/mol. The van der Waals surface area contributed by atoms with Gasteiger partial charge in [0.2, 0.25) is 5.91 Å². The molecule has 5 nitrogen and oxygen atoms in total. The summed E-state index contributed by atoms with van der Waals surface area (Å²) in [5.41, 5.74) is 1.56. The average Bonchev–Trinajstić information content (AvgIpc) is 2.55. The molecule has 0 bridgehead atoms. The van der Waals surface area contributed by atoms with Crippen LogP contribution in [0.5, 0.6) is 11.5 Å². The maximum absolute atomic E-state index is 12.1. The van der Waals surface area contributed by atoms with Crippen molar-refractivity contribution in [3.05, 3.63) is 46.9 Å². The van der Waals surface area contributed by atoms with Crippen LogP contribution in [-0.2, 0) is 4.79 Å². The normalized spacial score (nSPS) is 10.0. The molecular weight excluding hydrogens is 360 g/mol. The highest BCUT2D eigenvalue weighted by atomic mass is 79.9. The van der Waals surface area contributed by atoms with Gasteiger partial charge in [0.05, 0.1) is 19.9 Å². The molecule has 0 aliphatic rings. The fourth-order valence-corrected chi connectivity index (χ4v) is 2.44. The number of nitrogens with one attached hydrogen (secondary N) is 2. The molecule has 2 N–H and O–H groups in total. The maximum atomic E-state index is 12.1. The smallest absolute Gasteiger partial charge is 0.226 e. The van der Waals surface area contributed by atoms with Crippen molar-refractivity contribution in [1.29, 1.82) is 0 Å². The van der Waals surface area contributed by atoms with E-state index in [9.17, 15) is 4.79 Å². The molecule has 0 saturated carbocycles. The first-order valence-electron chi connectivity index (χ1n) is 7.13. The summed E-state index contributed by atoms with van der Waals surface area (Å²) in [4.78, 5) is 12.1. The molecule has 0 spiro atoms. The number of rotatable bonds is 7. The zero-order valence-corrected chi connectivity index (χ0v) is 14.6. The number of hydrogen-bond donors (Lipinski definition) is 2. The molecular formula is C17H19BrN2O3. The summed E-state index contributed by atoms with van der Waals surface area (Å²) in [5, 5.41) is 6.05. The topological polar surface area (TPSA) is 59.6 Å². The molecule has 23 heavy (non-hydrogen) atoms. The van der Waals surface area contributed by atoms with Crippen molar-refractivity contribution in [3.63, 3.8) is 0 Å². The van der Waals surface area contributed by atoms with Crippen LogP contribution in [0.15, 0.2) is 46.9 Å². The van der Waals surface area contributed by atoms with E-state index >= 15 is 0 Å². The Hall–Kier alpha value is -2.21. The zero-order valence-electron chi connectivity index (χ0n) is 13.1. The Morgan fingerprint density at radius 3 is 2.65 bits per heavy atom. The number of hydrogen-bond acceptors (Lipinski definition) is 4. The van der Waals surface area contributed by atoms with Gasteiger partial charge in [-0.1, -0.05) is 22.0 Å². The fraction of sp³-hybridized carbons (Fsp3) is 0.235. The Balaban J connectivity index is 1.89. The number of anilines is 2. The maximum Gasteiger partial charge on any atom is 0.226 e. The molecule has 0 fully saturated rings. The van der Waals surface area contributed by atoms with E-state index in [1.807, 2.05) is 24.3 Å². The average molecular weight is 379 g/mol. The molecule has 0 heterocycles. The fourth-order valence-electron chi connectivity index (χ4n) is 2.04. The van der Waals surface area contributed by atoms with Crippen molar-refractivity contribution in [2.45, 2.75) is 6.42 Å². The molecule has 0 aliphatic heterocycles. The third-order valence-electron chi connectivity index (χ3n) is 3.19. The van der Waals surface area contributed by atoms with Crippen LogP contribution in [0.1, 0.15) is 6.42 Å². The molecule has 0 radical (unpaired) electrons. The summed E-state index contributed by atoms with van der Waals surface area (Å²) in [6.45, 7) is 0.536. The highest BCUT2D eigenvalue weighted by molar-refractivity contribution is 9.10. The van der Waals surface area contributed by atoms with Crippen molar-refractivity contribution in [2.75, 3.05) is 31.4 Å². The van der Waals surface area contributed by atoms with Crippen molar-refractivity contribution >= 4 is 33.2 Å². The van der Waals surface area contributed by atoms with Crippen molar-refractivity contribution in [3.8, 4) is 11.5 Å². The third-order valence-corrected chi connectivity index (χ3v) is 3.68. The number of amides is 1. The summed E-state index contributed by atoms with van der Waals surface area (Å²) in [6, 6.07) is 13.1. The van der Waals surface area contributed by atoms with Crippen LogP contribution >= 0.6 is 15.9 Å². The molecule has 0 aliphatic carbocycles. The van der Waals surface area contributed by atoms with Gasteiger partial charge in [-0.2, -0.15) is 0 Å². The second-order valence-electron chi connectivity index (χ2n) is 4.80. The minimum Gasteiger partial charge on any atom is -0.497 e. The van der Waals surface area contributed by atoms with Gasteiger partial charge >= 0.3 is 0 Å². The van der Waals surface area contributed by atoms with Crippen LogP contribution in [0, 0.1) is 0 Å². The summed E-state index contributed by atoms with van der Waals surface area (Å²) in [5.74, 6) is 1.16. The number of benzene rings is 2. The van der Waals surface area contributed by atoms with Crippen molar-refractivity contribution < 1.29 is 14.3 Å². The zero-order chi connectivity index (χ0) is 16.7. The van der Waals surface area contributed by atoms with E-state index < -0.39 is 0 Å². The van der Waals surface area contributed by atoms with Gasteiger partial charge in [0.25, 0.3) is 0 Å².